The number of carbonyl (C=O) groups excluding carboxylic acids is 1. The molecule has 0 saturated carbocycles. The van der Waals surface area contributed by atoms with Crippen molar-refractivity contribution in [3.05, 3.63) is 11.6 Å². The quantitative estimate of drug-likeness (QED) is 0.366. The summed E-state index contributed by atoms with van der Waals surface area (Å²) in [6.07, 6.45) is 0. The summed E-state index contributed by atoms with van der Waals surface area (Å²) >= 11 is 0. The van der Waals surface area contributed by atoms with Crippen molar-refractivity contribution in [2.24, 2.45) is 5.84 Å². The van der Waals surface area contributed by atoms with E-state index in [0.29, 0.717) is 11.6 Å². The molecule has 0 saturated heterocycles. The molecule has 1 heterocycles. The zero-order valence-corrected chi connectivity index (χ0v) is 7.90. The lowest BCUT2D eigenvalue weighted by atomic mass is 10.3. The number of hydrogen-bond donors (Lipinski definition) is 2. The minimum absolute atomic E-state index is 0.284. The number of nitrogens with zero attached hydrogens (tertiary/aromatic N) is 3. The molecule has 72 valence electrons. The van der Waals surface area contributed by atoms with Crippen LogP contribution in [0.2, 0.25) is 0 Å². The zero-order valence-electron chi connectivity index (χ0n) is 7.90. The molecule has 6 heteroatoms. The van der Waals surface area contributed by atoms with Crippen LogP contribution >= 0.6 is 0 Å². The van der Waals surface area contributed by atoms with Gasteiger partial charge >= 0.3 is 0 Å². The monoisotopic (exact) mass is 183 g/mol. The summed E-state index contributed by atoms with van der Waals surface area (Å²) in [4.78, 5) is 15.2. The molecule has 6 nitrogen and oxygen atoms in total. The summed E-state index contributed by atoms with van der Waals surface area (Å²) in [5.74, 6) is 6.07. The van der Waals surface area contributed by atoms with E-state index in [4.69, 9.17) is 5.84 Å². The van der Waals surface area contributed by atoms with Crippen LogP contribution in [0.5, 0.6) is 0 Å². The van der Waals surface area contributed by atoms with Gasteiger partial charge in [-0.15, -0.1) is 0 Å². The fourth-order valence-electron chi connectivity index (χ4n) is 1.13. The fourth-order valence-corrected chi connectivity index (χ4v) is 1.13. The second-order valence-electron chi connectivity index (χ2n) is 2.84. The fraction of sp³-hybridized carbons (Fsp3) is 0.571. The average Bonchev–Trinajstić information content (AvgIpc) is 2.42. The first-order chi connectivity index (χ1) is 6.06. The van der Waals surface area contributed by atoms with Crippen LogP contribution in [-0.2, 0) is 4.79 Å². The molecule has 1 amide bonds. The molecule has 1 atom stereocenters. The highest BCUT2D eigenvalue weighted by molar-refractivity contribution is 5.79. The van der Waals surface area contributed by atoms with Gasteiger partial charge in [-0.05, 0) is 20.8 Å². The summed E-state index contributed by atoms with van der Waals surface area (Å²) in [6, 6.07) is -0.425. The van der Waals surface area contributed by atoms with Crippen LogP contribution in [0.1, 0.15) is 24.6 Å². The van der Waals surface area contributed by atoms with Crippen molar-refractivity contribution in [3.8, 4) is 0 Å². The minimum Gasteiger partial charge on any atom is -0.292 e. The van der Waals surface area contributed by atoms with Gasteiger partial charge in [-0.2, -0.15) is 5.10 Å². The van der Waals surface area contributed by atoms with Crippen molar-refractivity contribution in [1.29, 1.82) is 0 Å². The Hall–Kier alpha value is -1.43. The third kappa shape index (κ3) is 1.83. The number of rotatable bonds is 2. The lowest BCUT2D eigenvalue weighted by Gasteiger charge is -2.10. The predicted molar refractivity (Wildman–Crippen MR) is 46.5 cm³/mol. The van der Waals surface area contributed by atoms with E-state index in [2.05, 4.69) is 15.5 Å². The van der Waals surface area contributed by atoms with Crippen LogP contribution in [-0.4, -0.2) is 20.7 Å². The highest BCUT2D eigenvalue weighted by Gasteiger charge is 2.16. The van der Waals surface area contributed by atoms with Crippen LogP contribution < -0.4 is 11.3 Å². The van der Waals surface area contributed by atoms with Crippen LogP contribution in [0.4, 0.5) is 0 Å². The minimum atomic E-state index is -0.425. The Balaban J connectivity index is 2.94. The van der Waals surface area contributed by atoms with E-state index in [-0.39, 0.29) is 5.91 Å². The summed E-state index contributed by atoms with van der Waals surface area (Å²) in [5, 5.41) is 4.07. The highest BCUT2D eigenvalue weighted by atomic mass is 16.2. The van der Waals surface area contributed by atoms with Gasteiger partial charge in [0.15, 0.2) is 0 Å². The van der Waals surface area contributed by atoms with Crippen molar-refractivity contribution < 1.29 is 4.79 Å². The van der Waals surface area contributed by atoms with E-state index in [0.717, 1.165) is 0 Å². The van der Waals surface area contributed by atoms with Crippen molar-refractivity contribution >= 4 is 5.91 Å². The normalized spacial score (nSPS) is 12.6. The molecule has 0 aliphatic rings. The Morgan fingerprint density at radius 1 is 1.62 bits per heavy atom. The second kappa shape index (κ2) is 3.53. The number of hydrogen-bond acceptors (Lipinski definition) is 4. The first-order valence-corrected chi connectivity index (χ1v) is 3.96. The SMILES string of the molecule is Cc1nc(C)n(C(C)C(=O)NN)n1. The Bertz CT molecular complexity index is 319. The van der Waals surface area contributed by atoms with Gasteiger partial charge in [-0.1, -0.05) is 0 Å². The molecule has 1 unspecified atom stereocenters. The van der Waals surface area contributed by atoms with Gasteiger partial charge in [-0.3, -0.25) is 10.2 Å². The third-order valence-electron chi connectivity index (χ3n) is 1.80. The lowest BCUT2D eigenvalue weighted by molar-refractivity contribution is -0.124. The number of carbonyl (C=O) groups is 1. The first kappa shape index (κ1) is 9.66. The molecule has 1 rings (SSSR count). The van der Waals surface area contributed by atoms with E-state index < -0.39 is 6.04 Å². The lowest BCUT2D eigenvalue weighted by Crippen LogP contribution is -2.36. The molecule has 0 aliphatic heterocycles. The molecule has 0 bridgehead atoms. The van der Waals surface area contributed by atoms with Gasteiger partial charge < -0.3 is 0 Å². The molecule has 0 spiro atoms. The molecule has 0 aromatic carbocycles. The number of nitrogens with two attached hydrogens (primary N) is 1. The summed E-state index contributed by atoms with van der Waals surface area (Å²) in [7, 11) is 0. The van der Waals surface area contributed by atoms with E-state index in [9.17, 15) is 4.79 Å². The maximum Gasteiger partial charge on any atom is 0.258 e. The Labute approximate surface area is 76.1 Å². The van der Waals surface area contributed by atoms with Crippen LogP contribution in [0, 0.1) is 13.8 Å². The number of aryl methyl sites for hydroxylation is 2. The Kier molecular flexibility index (Phi) is 2.62. The van der Waals surface area contributed by atoms with E-state index in [1.165, 1.54) is 4.68 Å². The topological polar surface area (TPSA) is 85.8 Å². The molecule has 13 heavy (non-hydrogen) atoms. The molecule has 3 N–H and O–H groups in total. The van der Waals surface area contributed by atoms with Gasteiger partial charge in [0, 0.05) is 0 Å². The number of amides is 1. The number of aromatic nitrogens is 3. The largest absolute Gasteiger partial charge is 0.292 e. The van der Waals surface area contributed by atoms with E-state index >= 15 is 0 Å². The molecular weight excluding hydrogens is 170 g/mol. The van der Waals surface area contributed by atoms with Gasteiger partial charge in [0.1, 0.15) is 17.7 Å². The summed E-state index contributed by atoms with van der Waals surface area (Å²) in [5.41, 5.74) is 2.07. The first-order valence-electron chi connectivity index (χ1n) is 3.96. The predicted octanol–water partition coefficient (Wildman–Crippen LogP) is -0.554. The maximum absolute atomic E-state index is 11.1. The Morgan fingerprint density at radius 2 is 2.23 bits per heavy atom. The number of hydrazine groups is 1. The van der Waals surface area contributed by atoms with Gasteiger partial charge in [0.05, 0.1) is 0 Å². The molecule has 1 aromatic heterocycles. The van der Waals surface area contributed by atoms with Crippen molar-refractivity contribution in [2.45, 2.75) is 26.8 Å². The summed E-state index contributed by atoms with van der Waals surface area (Å²) in [6.45, 7) is 5.28. The third-order valence-corrected chi connectivity index (χ3v) is 1.80. The van der Waals surface area contributed by atoms with E-state index in [1.54, 1.807) is 20.8 Å². The average molecular weight is 183 g/mol. The molecule has 0 radical (unpaired) electrons. The smallest absolute Gasteiger partial charge is 0.258 e. The zero-order chi connectivity index (χ0) is 10.0. The Morgan fingerprint density at radius 3 is 2.62 bits per heavy atom. The molecule has 0 aliphatic carbocycles. The summed E-state index contributed by atoms with van der Waals surface area (Å²) < 4.78 is 1.54. The van der Waals surface area contributed by atoms with E-state index in [1.807, 2.05) is 0 Å². The van der Waals surface area contributed by atoms with Crippen molar-refractivity contribution in [3.63, 3.8) is 0 Å². The standard InChI is InChI=1S/C7H13N5O/c1-4(7(13)10-8)12-6(3)9-5(2)11-12/h4H,8H2,1-3H3,(H,10,13). The van der Waals surface area contributed by atoms with Crippen molar-refractivity contribution in [1.82, 2.24) is 20.2 Å². The highest BCUT2D eigenvalue weighted by Crippen LogP contribution is 2.06. The van der Waals surface area contributed by atoms with Crippen molar-refractivity contribution in [2.75, 3.05) is 0 Å². The van der Waals surface area contributed by atoms with Crippen LogP contribution in [0.15, 0.2) is 0 Å². The van der Waals surface area contributed by atoms with Crippen LogP contribution in [0.25, 0.3) is 0 Å². The van der Waals surface area contributed by atoms with Gasteiger partial charge in [0.25, 0.3) is 5.91 Å². The van der Waals surface area contributed by atoms with Crippen LogP contribution in [0.3, 0.4) is 0 Å². The second-order valence-corrected chi connectivity index (χ2v) is 2.84. The molecule has 0 fully saturated rings. The molecular formula is C7H13N5O. The maximum atomic E-state index is 11.1. The molecule has 1 aromatic rings. The number of nitrogens with one attached hydrogen (secondary N) is 1. The van der Waals surface area contributed by atoms with Gasteiger partial charge in [0.2, 0.25) is 0 Å². The van der Waals surface area contributed by atoms with Gasteiger partial charge in [-0.25, -0.2) is 15.5 Å².